The molecule has 0 saturated carbocycles. The van der Waals surface area contributed by atoms with Crippen LogP contribution >= 0.6 is 0 Å². The van der Waals surface area contributed by atoms with Crippen LogP contribution in [0.5, 0.6) is 5.75 Å². The number of fused-ring (bicyclic) bond motifs is 1. The van der Waals surface area contributed by atoms with Gasteiger partial charge in [0, 0.05) is 36.9 Å². The van der Waals surface area contributed by atoms with Crippen LogP contribution in [0.15, 0.2) is 61.1 Å². The van der Waals surface area contributed by atoms with Crippen molar-refractivity contribution in [2.75, 3.05) is 18.5 Å². The summed E-state index contributed by atoms with van der Waals surface area (Å²) in [6.07, 6.45) is 6.73. The number of aromatic nitrogens is 4. The van der Waals surface area contributed by atoms with Gasteiger partial charge in [-0.3, -0.25) is 9.78 Å². The first-order valence-corrected chi connectivity index (χ1v) is 11.2. The molecule has 1 amide bonds. The summed E-state index contributed by atoms with van der Waals surface area (Å²) in [6.45, 7) is 3.28. The van der Waals surface area contributed by atoms with E-state index in [1.807, 2.05) is 65.9 Å². The Hall–Kier alpha value is -3.94. The Balaban J connectivity index is 1.41. The second kappa shape index (κ2) is 8.90. The molecule has 1 unspecified atom stereocenters. The van der Waals surface area contributed by atoms with Crippen LogP contribution in [0.2, 0.25) is 0 Å². The second-order valence-electron chi connectivity index (χ2n) is 8.06. The standard InChI is InChI=1S/C25H26N6O2/c1-3-33-18-9-10-20-17(14-18)15-22(30(20)2)25(32)31-13-5-7-21(31)19-6-4-8-23(28-19)29-24-16-26-11-12-27-24/h4,6,8-12,14-16,21H,3,5,7,13H2,1-2H3,(H,27,28,29). The molecule has 0 spiro atoms. The fraction of sp³-hybridized carbons (Fsp3) is 0.280. The quantitative estimate of drug-likeness (QED) is 0.474. The zero-order chi connectivity index (χ0) is 22.8. The summed E-state index contributed by atoms with van der Waals surface area (Å²) in [5.74, 6) is 2.14. The molecule has 33 heavy (non-hydrogen) atoms. The summed E-state index contributed by atoms with van der Waals surface area (Å²) in [7, 11) is 1.94. The number of aryl methyl sites for hydroxylation is 1. The predicted molar refractivity (Wildman–Crippen MR) is 127 cm³/mol. The van der Waals surface area contributed by atoms with E-state index in [0.29, 0.717) is 30.5 Å². The van der Waals surface area contributed by atoms with Crippen molar-refractivity contribution in [1.29, 1.82) is 0 Å². The number of rotatable bonds is 6. The molecule has 0 aliphatic carbocycles. The molecule has 1 aliphatic rings. The van der Waals surface area contributed by atoms with E-state index in [9.17, 15) is 4.79 Å². The molecule has 1 aliphatic heterocycles. The fourth-order valence-corrected chi connectivity index (χ4v) is 4.46. The molecule has 3 aromatic heterocycles. The molecular weight excluding hydrogens is 416 g/mol. The molecule has 5 rings (SSSR count). The highest BCUT2D eigenvalue weighted by Gasteiger charge is 2.33. The van der Waals surface area contributed by atoms with Gasteiger partial charge in [-0.25, -0.2) is 9.97 Å². The highest BCUT2D eigenvalue weighted by molar-refractivity contribution is 5.99. The summed E-state index contributed by atoms with van der Waals surface area (Å²) in [5.41, 5.74) is 2.54. The summed E-state index contributed by atoms with van der Waals surface area (Å²) in [5, 5.41) is 4.18. The zero-order valence-electron chi connectivity index (χ0n) is 18.7. The molecule has 1 saturated heterocycles. The molecule has 4 heterocycles. The number of nitrogens with zero attached hydrogens (tertiary/aromatic N) is 5. The van der Waals surface area contributed by atoms with Crippen molar-refractivity contribution in [3.05, 3.63) is 72.4 Å². The van der Waals surface area contributed by atoms with Crippen LogP contribution in [0, 0.1) is 0 Å². The van der Waals surface area contributed by atoms with E-state index in [-0.39, 0.29) is 11.9 Å². The number of ether oxygens (including phenoxy) is 1. The lowest BCUT2D eigenvalue weighted by Crippen LogP contribution is -2.32. The van der Waals surface area contributed by atoms with Crippen LogP contribution in [0.4, 0.5) is 11.6 Å². The molecule has 1 atom stereocenters. The van der Waals surface area contributed by atoms with E-state index in [4.69, 9.17) is 9.72 Å². The Morgan fingerprint density at radius 3 is 2.91 bits per heavy atom. The highest BCUT2D eigenvalue weighted by Crippen LogP contribution is 2.34. The smallest absolute Gasteiger partial charge is 0.271 e. The largest absolute Gasteiger partial charge is 0.494 e. The number of likely N-dealkylation sites (tertiary alicyclic amines) is 1. The van der Waals surface area contributed by atoms with Gasteiger partial charge in [0.2, 0.25) is 0 Å². The molecule has 0 bridgehead atoms. The minimum absolute atomic E-state index is 0.0169. The number of anilines is 2. The molecule has 8 heteroatoms. The number of nitrogens with one attached hydrogen (secondary N) is 1. The average Bonchev–Trinajstić information content (AvgIpc) is 3.45. The number of pyridine rings is 1. The molecule has 4 aromatic rings. The van der Waals surface area contributed by atoms with Gasteiger partial charge >= 0.3 is 0 Å². The number of hydrogen-bond acceptors (Lipinski definition) is 6. The van der Waals surface area contributed by atoms with Gasteiger partial charge in [0.25, 0.3) is 5.91 Å². The Bertz CT molecular complexity index is 1290. The Labute approximate surface area is 192 Å². The molecule has 1 fully saturated rings. The van der Waals surface area contributed by atoms with Crippen molar-refractivity contribution in [2.24, 2.45) is 7.05 Å². The lowest BCUT2D eigenvalue weighted by Gasteiger charge is -2.25. The van der Waals surface area contributed by atoms with Gasteiger partial charge in [0.05, 0.1) is 24.5 Å². The second-order valence-corrected chi connectivity index (χ2v) is 8.06. The highest BCUT2D eigenvalue weighted by atomic mass is 16.5. The number of benzene rings is 1. The van der Waals surface area contributed by atoms with Gasteiger partial charge in [-0.2, -0.15) is 0 Å². The third-order valence-corrected chi connectivity index (χ3v) is 5.99. The monoisotopic (exact) mass is 442 g/mol. The van der Waals surface area contributed by atoms with Crippen LogP contribution in [0.3, 0.4) is 0 Å². The summed E-state index contributed by atoms with van der Waals surface area (Å²) < 4.78 is 7.59. The first kappa shape index (κ1) is 20.9. The molecule has 8 nitrogen and oxygen atoms in total. The van der Waals surface area contributed by atoms with Gasteiger partial charge in [0.1, 0.15) is 23.1 Å². The molecular formula is C25H26N6O2. The van der Waals surface area contributed by atoms with E-state index in [0.717, 1.165) is 35.2 Å². The number of hydrogen-bond donors (Lipinski definition) is 1. The van der Waals surface area contributed by atoms with Crippen LogP contribution in [-0.2, 0) is 7.05 Å². The first-order chi connectivity index (χ1) is 16.1. The SMILES string of the molecule is CCOc1ccc2c(c1)cc(C(=O)N1CCCC1c1cccc(Nc3cnccn3)n1)n2C. The summed E-state index contributed by atoms with van der Waals surface area (Å²) in [6, 6.07) is 13.6. The lowest BCUT2D eigenvalue weighted by atomic mass is 10.1. The van der Waals surface area contributed by atoms with Crippen LogP contribution < -0.4 is 10.1 Å². The molecule has 0 radical (unpaired) electrons. The minimum atomic E-state index is -0.0712. The van der Waals surface area contributed by atoms with Gasteiger partial charge in [-0.15, -0.1) is 0 Å². The normalized spacial score (nSPS) is 15.7. The molecule has 1 N–H and O–H groups in total. The van der Waals surface area contributed by atoms with Gasteiger partial charge in [-0.05, 0) is 56.2 Å². The third kappa shape index (κ3) is 4.11. The Morgan fingerprint density at radius 2 is 2.09 bits per heavy atom. The topological polar surface area (TPSA) is 85.2 Å². The third-order valence-electron chi connectivity index (χ3n) is 5.99. The van der Waals surface area contributed by atoms with Crippen LogP contribution in [0.25, 0.3) is 10.9 Å². The van der Waals surface area contributed by atoms with E-state index in [1.54, 1.807) is 18.6 Å². The maximum atomic E-state index is 13.6. The van der Waals surface area contributed by atoms with Crippen LogP contribution in [0.1, 0.15) is 42.0 Å². The fourth-order valence-electron chi connectivity index (χ4n) is 4.46. The molecule has 1 aromatic carbocycles. The van der Waals surface area contributed by atoms with Gasteiger partial charge < -0.3 is 19.5 Å². The number of carbonyl (C=O) groups excluding carboxylic acids is 1. The lowest BCUT2D eigenvalue weighted by molar-refractivity contribution is 0.0723. The maximum absolute atomic E-state index is 13.6. The van der Waals surface area contributed by atoms with Crippen molar-refractivity contribution in [3.8, 4) is 5.75 Å². The van der Waals surface area contributed by atoms with E-state index < -0.39 is 0 Å². The van der Waals surface area contributed by atoms with Crippen molar-refractivity contribution in [3.63, 3.8) is 0 Å². The Kier molecular flexibility index (Phi) is 5.64. The predicted octanol–water partition coefficient (Wildman–Crippen LogP) is 4.48. The van der Waals surface area contributed by atoms with E-state index >= 15 is 0 Å². The zero-order valence-corrected chi connectivity index (χ0v) is 18.7. The van der Waals surface area contributed by atoms with Crippen molar-refractivity contribution < 1.29 is 9.53 Å². The summed E-state index contributed by atoms with van der Waals surface area (Å²) >= 11 is 0. The minimum Gasteiger partial charge on any atom is -0.494 e. The van der Waals surface area contributed by atoms with Crippen molar-refractivity contribution in [2.45, 2.75) is 25.8 Å². The number of amides is 1. The van der Waals surface area contributed by atoms with Crippen molar-refractivity contribution >= 4 is 28.4 Å². The average molecular weight is 443 g/mol. The first-order valence-electron chi connectivity index (χ1n) is 11.2. The van der Waals surface area contributed by atoms with E-state index in [2.05, 4.69) is 15.3 Å². The maximum Gasteiger partial charge on any atom is 0.271 e. The van der Waals surface area contributed by atoms with Gasteiger partial charge in [0.15, 0.2) is 0 Å². The van der Waals surface area contributed by atoms with Gasteiger partial charge in [-0.1, -0.05) is 6.07 Å². The van der Waals surface area contributed by atoms with Crippen LogP contribution in [-0.4, -0.2) is 43.5 Å². The van der Waals surface area contributed by atoms with E-state index in [1.165, 1.54) is 0 Å². The number of carbonyl (C=O) groups is 1. The Morgan fingerprint density at radius 1 is 1.18 bits per heavy atom. The molecule has 168 valence electrons. The van der Waals surface area contributed by atoms with Crippen molar-refractivity contribution in [1.82, 2.24) is 24.4 Å². The summed E-state index contributed by atoms with van der Waals surface area (Å²) in [4.78, 5) is 28.7.